The molecule has 0 aliphatic carbocycles. The lowest BCUT2D eigenvalue weighted by Gasteiger charge is -2.15. The van der Waals surface area contributed by atoms with Crippen molar-refractivity contribution in [3.8, 4) is 0 Å². The standard InChI is InChI=1S/C11H12N2O6/c1-12-6(4-7(14)18-3)5-11(8(12)15)9(16)13(2)10(17)19-11/h4H,5H2,1-3H3/b6-4+/t11-/m1/s1. The zero-order valence-electron chi connectivity index (χ0n) is 10.6. The molecule has 0 aromatic heterocycles. The first-order valence-corrected chi connectivity index (χ1v) is 5.41. The minimum absolute atomic E-state index is 0.174. The number of amides is 3. The van der Waals surface area contributed by atoms with Crippen LogP contribution in [0, 0.1) is 0 Å². The summed E-state index contributed by atoms with van der Waals surface area (Å²) in [5, 5.41) is 0. The van der Waals surface area contributed by atoms with Gasteiger partial charge in [-0.25, -0.2) is 14.5 Å². The Hall–Kier alpha value is -2.38. The number of imide groups is 1. The first-order chi connectivity index (χ1) is 8.83. The van der Waals surface area contributed by atoms with Gasteiger partial charge in [0.15, 0.2) is 0 Å². The van der Waals surface area contributed by atoms with E-state index in [-0.39, 0.29) is 12.1 Å². The van der Waals surface area contributed by atoms with Crippen LogP contribution in [0.15, 0.2) is 11.8 Å². The number of nitrogens with zero attached hydrogens (tertiary/aromatic N) is 2. The van der Waals surface area contributed by atoms with Crippen LogP contribution in [0.2, 0.25) is 0 Å². The van der Waals surface area contributed by atoms with Crippen molar-refractivity contribution < 1.29 is 28.7 Å². The summed E-state index contributed by atoms with van der Waals surface area (Å²) >= 11 is 0. The number of likely N-dealkylation sites (tertiary alicyclic amines) is 1. The van der Waals surface area contributed by atoms with Gasteiger partial charge in [0, 0.05) is 32.3 Å². The highest BCUT2D eigenvalue weighted by Crippen LogP contribution is 2.38. The predicted octanol–water partition coefficient (Wildman–Crippen LogP) is -0.747. The average molecular weight is 268 g/mol. The van der Waals surface area contributed by atoms with Gasteiger partial charge in [-0.3, -0.25) is 9.59 Å². The topological polar surface area (TPSA) is 93.2 Å². The summed E-state index contributed by atoms with van der Waals surface area (Å²) in [6.07, 6.45) is 0.0318. The van der Waals surface area contributed by atoms with Crippen LogP contribution in [-0.4, -0.2) is 60.5 Å². The highest BCUT2D eigenvalue weighted by Gasteiger charge is 2.63. The lowest BCUT2D eigenvalue weighted by atomic mass is 10.0. The molecule has 2 fully saturated rings. The van der Waals surface area contributed by atoms with E-state index in [9.17, 15) is 19.2 Å². The van der Waals surface area contributed by atoms with Crippen LogP contribution in [0.3, 0.4) is 0 Å². The van der Waals surface area contributed by atoms with Gasteiger partial charge >= 0.3 is 12.1 Å². The quantitative estimate of drug-likeness (QED) is 0.353. The van der Waals surface area contributed by atoms with E-state index in [1.807, 2.05) is 0 Å². The maximum atomic E-state index is 12.1. The van der Waals surface area contributed by atoms with E-state index in [0.29, 0.717) is 0 Å². The van der Waals surface area contributed by atoms with Gasteiger partial charge in [-0.1, -0.05) is 0 Å². The van der Waals surface area contributed by atoms with E-state index in [1.54, 1.807) is 0 Å². The summed E-state index contributed by atoms with van der Waals surface area (Å²) in [6.45, 7) is 0. The molecule has 2 aliphatic heterocycles. The van der Waals surface area contributed by atoms with E-state index in [0.717, 1.165) is 15.9 Å². The number of likely N-dealkylation sites (N-methyl/N-ethyl adjacent to an activating group) is 2. The minimum Gasteiger partial charge on any atom is -0.466 e. The SMILES string of the molecule is COC(=O)/C=C1\C[C@@]2(OC(=O)N(C)C2=O)C(=O)N1C. The second-order valence-electron chi connectivity index (χ2n) is 4.26. The van der Waals surface area contributed by atoms with Crippen LogP contribution in [0.1, 0.15) is 6.42 Å². The van der Waals surface area contributed by atoms with E-state index < -0.39 is 29.5 Å². The van der Waals surface area contributed by atoms with Gasteiger partial charge in [-0.15, -0.1) is 0 Å². The highest BCUT2D eigenvalue weighted by molar-refractivity contribution is 6.18. The second-order valence-corrected chi connectivity index (χ2v) is 4.26. The monoisotopic (exact) mass is 268 g/mol. The van der Waals surface area contributed by atoms with E-state index >= 15 is 0 Å². The Morgan fingerprint density at radius 1 is 1.26 bits per heavy atom. The third-order valence-corrected chi connectivity index (χ3v) is 3.18. The molecule has 102 valence electrons. The lowest BCUT2D eigenvalue weighted by Crippen LogP contribution is -2.46. The Kier molecular flexibility index (Phi) is 2.80. The van der Waals surface area contributed by atoms with Crippen LogP contribution in [-0.2, 0) is 23.9 Å². The number of carbonyl (C=O) groups is 4. The smallest absolute Gasteiger partial charge is 0.417 e. The zero-order chi connectivity index (χ0) is 14.4. The fraction of sp³-hybridized carbons (Fsp3) is 0.455. The second kappa shape index (κ2) is 4.08. The number of hydrogen-bond acceptors (Lipinski definition) is 6. The number of carbonyl (C=O) groups excluding carboxylic acids is 4. The van der Waals surface area contributed by atoms with Gasteiger partial charge in [0.05, 0.1) is 7.11 Å². The summed E-state index contributed by atoms with van der Waals surface area (Å²) < 4.78 is 9.38. The molecule has 2 heterocycles. The first kappa shape index (κ1) is 13.1. The molecule has 2 aliphatic rings. The molecule has 0 radical (unpaired) electrons. The molecule has 2 rings (SSSR count). The predicted molar refractivity (Wildman–Crippen MR) is 59.5 cm³/mol. The molecule has 0 saturated carbocycles. The molecule has 8 heteroatoms. The molecular formula is C11H12N2O6. The van der Waals surface area contributed by atoms with Crippen LogP contribution < -0.4 is 0 Å². The minimum atomic E-state index is -1.87. The van der Waals surface area contributed by atoms with Crippen molar-refractivity contribution in [3.05, 3.63) is 11.8 Å². The summed E-state index contributed by atoms with van der Waals surface area (Å²) in [7, 11) is 3.82. The van der Waals surface area contributed by atoms with E-state index in [4.69, 9.17) is 4.74 Å². The molecule has 1 spiro atoms. The Labute approximate surface area is 108 Å². The molecular weight excluding hydrogens is 256 g/mol. The molecule has 0 N–H and O–H groups in total. The van der Waals surface area contributed by atoms with Crippen molar-refractivity contribution in [2.75, 3.05) is 21.2 Å². The molecule has 19 heavy (non-hydrogen) atoms. The molecule has 8 nitrogen and oxygen atoms in total. The number of methoxy groups -OCH3 is 1. The maximum Gasteiger partial charge on any atom is 0.417 e. The Bertz CT molecular complexity index is 525. The highest BCUT2D eigenvalue weighted by atomic mass is 16.6. The summed E-state index contributed by atoms with van der Waals surface area (Å²) in [6, 6.07) is 0. The summed E-state index contributed by atoms with van der Waals surface area (Å²) in [4.78, 5) is 48.5. The summed E-state index contributed by atoms with van der Waals surface area (Å²) in [5.74, 6) is -2.07. The van der Waals surface area contributed by atoms with Gasteiger partial charge in [0.1, 0.15) is 0 Å². The Balaban J connectivity index is 2.39. The van der Waals surface area contributed by atoms with Crippen molar-refractivity contribution in [2.45, 2.75) is 12.0 Å². The van der Waals surface area contributed by atoms with Gasteiger partial charge in [-0.2, -0.15) is 0 Å². The van der Waals surface area contributed by atoms with Crippen molar-refractivity contribution in [1.82, 2.24) is 9.80 Å². The van der Waals surface area contributed by atoms with Crippen molar-refractivity contribution in [1.29, 1.82) is 0 Å². The van der Waals surface area contributed by atoms with Gasteiger partial charge in [-0.05, 0) is 0 Å². The van der Waals surface area contributed by atoms with Gasteiger partial charge in [0.25, 0.3) is 17.4 Å². The average Bonchev–Trinajstić information content (AvgIpc) is 2.74. The van der Waals surface area contributed by atoms with Gasteiger partial charge in [0.2, 0.25) is 0 Å². The maximum absolute atomic E-state index is 12.1. The van der Waals surface area contributed by atoms with Crippen LogP contribution in [0.5, 0.6) is 0 Å². The molecule has 0 unspecified atom stereocenters. The summed E-state index contributed by atoms with van der Waals surface area (Å²) in [5.41, 5.74) is -1.62. The third kappa shape index (κ3) is 1.67. The fourth-order valence-electron chi connectivity index (χ4n) is 2.06. The zero-order valence-corrected chi connectivity index (χ0v) is 10.6. The van der Waals surface area contributed by atoms with Crippen LogP contribution in [0.25, 0.3) is 0 Å². The van der Waals surface area contributed by atoms with E-state index in [2.05, 4.69) is 4.74 Å². The number of rotatable bonds is 1. The van der Waals surface area contributed by atoms with Crippen molar-refractivity contribution in [2.24, 2.45) is 0 Å². The molecule has 0 aromatic rings. The van der Waals surface area contributed by atoms with Crippen molar-refractivity contribution in [3.63, 3.8) is 0 Å². The first-order valence-electron chi connectivity index (χ1n) is 5.41. The number of ether oxygens (including phenoxy) is 2. The third-order valence-electron chi connectivity index (χ3n) is 3.18. The number of hydrogen-bond donors (Lipinski definition) is 0. The van der Waals surface area contributed by atoms with Crippen molar-refractivity contribution >= 4 is 23.9 Å². The molecule has 0 bridgehead atoms. The molecule has 0 aromatic carbocycles. The largest absolute Gasteiger partial charge is 0.466 e. The van der Waals surface area contributed by atoms with Gasteiger partial charge < -0.3 is 14.4 Å². The normalized spacial score (nSPS) is 28.6. The van der Waals surface area contributed by atoms with Crippen LogP contribution >= 0.6 is 0 Å². The molecule has 3 amide bonds. The van der Waals surface area contributed by atoms with Crippen LogP contribution in [0.4, 0.5) is 4.79 Å². The Morgan fingerprint density at radius 3 is 2.32 bits per heavy atom. The molecule has 1 atom stereocenters. The lowest BCUT2D eigenvalue weighted by molar-refractivity contribution is -0.149. The molecule has 2 saturated heterocycles. The fourth-order valence-corrected chi connectivity index (χ4v) is 2.06. The Morgan fingerprint density at radius 2 is 1.84 bits per heavy atom. The number of esters is 1. The van der Waals surface area contributed by atoms with E-state index in [1.165, 1.54) is 21.2 Å².